The van der Waals surface area contributed by atoms with Crippen molar-refractivity contribution in [3.63, 3.8) is 0 Å². The first-order valence-electron chi connectivity index (χ1n) is 8.29. The Morgan fingerprint density at radius 2 is 1.80 bits per heavy atom. The predicted octanol–water partition coefficient (Wildman–Crippen LogP) is 1.87. The third kappa shape index (κ3) is 4.36. The Morgan fingerprint density at radius 1 is 1.16 bits per heavy atom. The quantitative estimate of drug-likeness (QED) is 0.764. The number of methoxy groups -OCH3 is 2. The maximum Gasteiger partial charge on any atom is 0.246 e. The SMILES string of the molecule is COc1ccc(OC)c(N(C(C)C(=O)N2CCCCC2)S(C)(=O)=O)c1. The van der Waals surface area contributed by atoms with E-state index in [1.165, 1.54) is 14.2 Å². The Morgan fingerprint density at radius 3 is 2.32 bits per heavy atom. The molecule has 0 N–H and O–H groups in total. The fraction of sp³-hybridized carbons (Fsp3) is 0.588. The van der Waals surface area contributed by atoms with Gasteiger partial charge in [-0.15, -0.1) is 0 Å². The van der Waals surface area contributed by atoms with Gasteiger partial charge < -0.3 is 14.4 Å². The van der Waals surface area contributed by atoms with E-state index in [4.69, 9.17) is 9.47 Å². The van der Waals surface area contributed by atoms with Crippen LogP contribution in [0.3, 0.4) is 0 Å². The maximum absolute atomic E-state index is 12.9. The largest absolute Gasteiger partial charge is 0.497 e. The van der Waals surface area contributed by atoms with Crippen molar-refractivity contribution in [2.24, 2.45) is 0 Å². The van der Waals surface area contributed by atoms with Crippen LogP contribution >= 0.6 is 0 Å². The number of carbonyl (C=O) groups excluding carboxylic acids is 1. The molecule has 1 aliphatic rings. The van der Waals surface area contributed by atoms with Gasteiger partial charge in [-0.25, -0.2) is 8.42 Å². The smallest absolute Gasteiger partial charge is 0.246 e. The van der Waals surface area contributed by atoms with E-state index in [1.807, 2.05) is 0 Å². The zero-order valence-corrected chi connectivity index (χ0v) is 16.0. The molecule has 0 aliphatic carbocycles. The van der Waals surface area contributed by atoms with Crippen molar-refractivity contribution < 1.29 is 22.7 Å². The first-order valence-corrected chi connectivity index (χ1v) is 10.1. The lowest BCUT2D eigenvalue weighted by molar-refractivity contribution is -0.132. The van der Waals surface area contributed by atoms with Gasteiger partial charge >= 0.3 is 0 Å². The Hall–Kier alpha value is -1.96. The molecule has 2 rings (SSSR count). The first kappa shape index (κ1) is 19.4. The van der Waals surface area contributed by atoms with Crippen molar-refractivity contribution in [2.75, 3.05) is 37.9 Å². The summed E-state index contributed by atoms with van der Waals surface area (Å²) in [6.45, 7) is 2.93. The van der Waals surface area contributed by atoms with Crippen LogP contribution in [-0.2, 0) is 14.8 Å². The number of nitrogens with zero attached hydrogens (tertiary/aromatic N) is 2. The minimum absolute atomic E-state index is 0.199. The zero-order chi connectivity index (χ0) is 18.6. The highest BCUT2D eigenvalue weighted by atomic mass is 32.2. The van der Waals surface area contributed by atoms with Crippen molar-refractivity contribution in [3.05, 3.63) is 18.2 Å². The normalized spacial score (nSPS) is 16.2. The molecular formula is C17H26N2O5S. The number of benzene rings is 1. The number of ether oxygens (including phenoxy) is 2. The van der Waals surface area contributed by atoms with E-state index in [2.05, 4.69) is 0 Å². The van der Waals surface area contributed by atoms with Gasteiger partial charge in [0, 0.05) is 19.2 Å². The van der Waals surface area contributed by atoms with Crippen LogP contribution in [0.4, 0.5) is 5.69 Å². The van der Waals surface area contributed by atoms with E-state index >= 15 is 0 Å². The van der Waals surface area contributed by atoms with Gasteiger partial charge in [-0.1, -0.05) is 0 Å². The summed E-state index contributed by atoms with van der Waals surface area (Å²) < 4.78 is 36.6. The molecule has 1 fully saturated rings. The average Bonchev–Trinajstić information content (AvgIpc) is 2.60. The number of rotatable bonds is 6. The summed E-state index contributed by atoms with van der Waals surface area (Å²) >= 11 is 0. The number of carbonyl (C=O) groups is 1. The minimum Gasteiger partial charge on any atom is -0.497 e. The number of anilines is 1. The van der Waals surface area contributed by atoms with Gasteiger partial charge in [-0.3, -0.25) is 9.10 Å². The fourth-order valence-corrected chi connectivity index (χ4v) is 4.29. The van der Waals surface area contributed by atoms with Gasteiger partial charge in [0.05, 0.1) is 26.2 Å². The summed E-state index contributed by atoms with van der Waals surface area (Å²) in [7, 11) is -0.748. The predicted molar refractivity (Wildman–Crippen MR) is 96.8 cm³/mol. The van der Waals surface area contributed by atoms with Crippen LogP contribution in [0.25, 0.3) is 0 Å². The highest BCUT2D eigenvalue weighted by Gasteiger charge is 2.34. The average molecular weight is 370 g/mol. The molecule has 0 radical (unpaired) electrons. The monoisotopic (exact) mass is 370 g/mol. The second-order valence-electron chi connectivity index (χ2n) is 6.16. The van der Waals surface area contributed by atoms with Crippen LogP contribution in [-0.4, -0.2) is 58.8 Å². The summed E-state index contributed by atoms with van der Waals surface area (Å²) in [6.07, 6.45) is 4.07. The van der Waals surface area contributed by atoms with Crippen LogP contribution in [0, 0.1) is 0 Å². The minimum atomic E-state index is -3.71. The third-order valence-electron chi connectivity index (χ3n) is 4.36. The Balaban J connectivity index is 2.44. The molecule has 140 valence electrons. The Labute approximate surface area is 149 Å². The van der Waals surface area contributed by atoms with E-state index in [0.717, 1.165) is 29.8 Å². The summed E-state index contributed by atoms with van der Waals surface area (Å²) in [5.41, 5.74) is 0.294. The lowest BCUT2D eigenvalue weighted by atomic mass is 10.1. The molecule has 1 saturated heterocycles. The molecule has 1 aliphatic heterocycles. The first-order chi connectivity index (χ1) is 11.8. The number of amides is 1. The lowest BCUT2D eigenvalue weighted by Crippen LogP contribution is -2.50. The molecule has 1 aromatic rings. The Bertz CT molecular complexity index is 714. The molecule has 0 spiro atoms. The van der Waals surface area contributed by atoms with E-state index in [1.54, 1.807) is 30.0 Å². The molecule has 1 amide bonds. The van der Waals surface area contributed by atoms with Crippen molar-refractivity contribution in [1.29, 1.82) is 0 Å². The van der Waals surface area contributed by atoms with E-state index < -0.39 is 16.1 Å². The van der Waals surface area contributed by atoms with Crippen LogP contribution in [0.5, 0.6) is 11.5 Å². The van der Waals surface area contributed by atoms with Crippen molar-refractivity contribution in [3.8, 4) is 11.5 Å². The maximum atomic E-state index is 12.9. The highest BCUT2D eigenvalue weighted by molar-refractivity contribution is 7.92. The molecule has 1 unspecified atom stereocenters. The number of hydrogen-bond donors (Lipinski definition) is 0. The molecular weight excluding hydrogens is 344 g/mol. The molecule has 1 aromatic carbocycles. The summed E-state index contributed by atoms with van der Waals surface area (Å²) in [6, 6.07) is 4.01. The van der Waals surface area contributed by atoms with Crippen LogP contribution < -0.4 is 13.8 Å². The molecule has 0 saturated carbocycles. The number of piperidine rings is 1. The lowest BCUT2D eigenvalue weighted by Gasteiger charge is -2.34. The van der Waals surface area contributed by atoms with Gasteiger partial charge in [0.15, 0.2) is 0 Å². The van der Waals surface area contributed by atoms with Gasteiger partial charge in [0.1, 0.15) is 17.5 Å². The number of sulfonamides is 1. The van der Waals surface area contributed by atoms with Gasteiger partial charge in [0.2, 0.25) is 15.9 Å². The zero-order valence-electron chi connectivity index (χ0n) is 15.2. The summed E-state index contributed by atoms with van der Waals surface area (Å²) in [5.74, 6) is 0.654. The Kier molecular flexibility index (Phi) is 6.16. The fourth-order valence-electron chi connectivity index (χ4n) is 3.12. The molecule has 8 heteroatoms. The highest BCUT2D eigenvalue weighted by Crippen LogP contribution is 2.35. The van der Waals surface area contributed by atoms with E-state index in [9.17, 15) is 13.2 Å². The summed E-state index contributed by atoms with van der Waals surface area (Å²) in [5, 5.41) is 0. The molecule has 0 aromatic heterocycles. The number of likely N-dealkylation sites (tertiary alicyclic amines) is 1. The molecule has 1 heterocycles. The standard InChI is InChI=1S/C17H26N2O5S/c1-13(17(20)18-10-6-5-7-11-18)19(25(4,21)22)15-12-14(23-2)8-9-16(15)24-3/h8-9,12-13H,5-7,10-11H2,1-4H3. The third-order valence-corrected chi connectivity index (χ3v) is 5.59. The van der Waals surface area contributed by atoms with Crippen molar-refractivity contribution in [1.82, 2.24) is 4.90 Å². The van der Waals surface area contributed by atoms with Gasteiger partial charge in [-0.05, 0) is 38.3 Å². The van der Waals surface area contributed by atoms with Gasteiger partial charge in [-0.2, -0.15) is 0 Å². The second-order valence-corrected chi connectivity index (χ2v) is 8.02. The van der Waals surface area contributed by atoms with Crippen molar-refractivity contribution in [2.45, 2.75) is 32.2 Å². The van der Waals surface area contributed by atoms with Crippen molar-refractivity contribution >= 4 is 21.6 Å². The topological polar surface area (TPSA) is 76.2 Å². The molecule has 7 nitrogen and oxygen atoms in total. The van der Waals surface area contributed by atoms with E-state index in [0.29, 0.717) is 30.3 Å². The number of hydrogen-bond acceptors (Lipinski definition) is 5. The van der Waals surface area contributed by atoms with E-state index in [-0.39, 0.29) is 5.91 Å². The molecule has 1 atom stereocenters. The van der Waals surface area contributed by atoms with Crippen LogP contribution in [0.2, 0.25) is 0 Å². The molecule has 25 heavy (non-hydrogen) atoms. The van der Waals surface area contributed by atoms with Crippen LogP contribution in [0.15, 0.2) is 18.2 Å². The molecule has 0 bridgehead atoms. The van der Waals surface area contributed by atoms with Crippen LogP contribution in [0.1, 0.15) is 26.2 Å². The van der Waals surface area contributed by atoms with Gasteiger partial charge in [0.25, 0.3) is 0 Å². The second kappa shape index (κ2) is 7.95. The summed E-state index contributed by atoms with van der Waals surface area (Å²) in [4.78, 5) is 14.6.